The third kappa shape index (κ3) is 4.54. The maximum atomic E-state index is 12.5. The van der Waals surface area contributed by atoms with Crippen LogP contribution in [0.4, 0.5) is 0 Å². The van der Waals surface area contributed by atoms with Crippen molar-refractivity contribution in [3.63, 3.8) is 0 Å². The molecule has 7 nitrogen and oxygen atoms in total. The van der Waals surface area contributed by atoms with Gasteiger partial charge in [0.05, 0.1) is 19.8 Å². The minimum atomic E-state index is 0.209. The van der Waals surface area contributed by atoms with Crippen LogP contribution >= 0.6 is 0 Å². The number of aromatic nitrogens is 3. The minimum Gasteiger partial charge on any atom is -0.378 e. The molecule has 0 bridgehead atoms. The molecular weight excluding hydrogens is 342 g/mol. The first-order chi connectivity index (χ1) is 13.3. The van der Waals surface area contributed by atoms with E-state index in [1.807, 2.05) is 11.0 Å². The van der Waals surface area contributed by atoms with E-state index in [0.29, 0.717) is 32.8 Å². The quantitative estimate of drug-likeness (QED) is 0.779. The van der Waals surface area contributed by atoms with Crippen molar-refractivity contribution in [1.29, 1.82) is 0 Å². The molecule has 0 spiro atoms. The molecule has 0 radical (unpaired) electrons. The number of carbonyl (C=O) groups excluding carboxylic acids is 1. The van der Waals surface area contributed by atoms with Crippen molar-refractivity contribution in [1.82, 2.24) is 24.6 Å². The Morgan fingerprint density at radius 1 is 0.963 bits per heavy atom. The highest BCUT2D eigenvalue weighted by Gasteiger charge is 2.23. The lowest BCUT2D eigenvalue weighted by atomic mass is 10.1. The zero-order valence-corrected chi connectivity index (χ0v) is 15.7. The number of amides is 1. The zero-order chi connectivity index (χ0) is 18.5. The van der Waals surface area contributed by atoms with Gasteiger partial charge in [-0.25, -0.2) is 0 Å². The normalized spacial score (nSPS) is 18.1. The number of aryl methyl sites for hydroxylation is 2. The Bertz CT molecular complexity index is 755. The van der Waals surface area contributed by atoms with Crippen LogP contribution in [0.2, 0.25) is 0 Å². The lowest BCUT2D eigenvalue weighted by molar-refractivity contribution is -0.136. The summed E-state index contributed by atoms with van der Waals surface area (Å²) in [4.78, 5) is 16.7. The molecule has 27 heavy (non-hydrogen) atoms. The Balaban J connectivity index is 1.33. The summed E-state index contributed by atoms with van der Waals surface area (Å²) >= 11 is 0. The zero-order valence-electron chi connectivity index (χ0n) is 15.7. The highest BCUT2D eigenvalue weighted by molar-refractivity contribution is 5.78. The van der Waals surface area contributed by atoms with Crippen molar-refractivity contribution in [2.75, 3.05) is 45.9 Å². The molecule has 144 valence electrons. The highest BCUT2D eigenvalue weighted by atomic mass is 16.5. The molecule has 1 saturated heterocycles. The molecule has 0 N–H and O–H groups in total. The van der Waals surface area contributed by atoms with Gasteiger partial charge in [0, 0.05) is 45.6 Å². The molecule has 1 aromatic heterocycles. The van der Waals surface area contributed by atoms with Crippen molar-refractivity contribution in [2.24, 2.45) is 0 Å². The summed E-state index contributed by atoms with van der Waals surface area (Å²) < 4.78 is 7.59. The second kappa shape index (κ2) is 8.63. The van der Waals surface area contributed by atoms with Crippen LogP contribution in [0.15, 0.2) is 30.3 Å². The minimum absolute atomic E-state index is 0.209. The first-order valence-electron chi connectivity index (χ1n) is 9.82. The van der Waals surface area contributed by atoms with Crippen molar-refractivity contribution >= 4 is 5.91 Å². The number of nitrogens with zero attached hydrogens (tertiary/aromatic N) is 5. The van der Waals surface area contributed by atoms with E-state index in [1.165, 1.54) is 5.56 Å². The smallest absolute Gasteiger partial charge is 0.236 e. The second-order valence-corrected chi connectivity index (χ2v) is 7.19. The molecule has 2 aromatic rings. The van der Waals surface area contributed by atoms with Gasteiger partial charge in [-0.05, 0) is 12.0 Å². The maximum Gasteiger partial charge on any atom is 0.236 e. The summed E-state index contributed by atoms with van der Waals surface area (Å²) in [6.07, 6.45) is 2.71. The predicted molar refractivity (Wildman–Crippen MR) is 101 cm³/mol. The molecule has 0 unspecified atom stereocenters. The van der Waals surface area contributed by atoms with Crippen LogP contribution in [0.5, 0.6) is 0 Å². The molecule has 2 aliphatic heterocycles. The van der Waals surface area contributed by atoms with E-state index in [-0.39, 0.29) is 5.91 Å². The highest BCUT2D eigenvalue weighted by Crippen LogP contribution is 2.12. The third-order valence-corrected chi connectivity index (χ3v) is 5.40. The van der Waals surface area contributed by atoms with Crippen molar-refractivity contribution in [2.45, 2.75) is 25.8 Å². The fraction of sp³-hybridized carbons (Fsp3) is 0.550. The average Bonchev–Trinajstić information content (AvgIpc) is 3.00. The molecule has 0 atom stereocenters. The third-order valence-electron chi connectivity index (χ3n) is 5.40. The lowest BCUT2D eigenvalue weighted by Crippen LogP contribution is -2.46. The fourth-order valence-corrected chi connectivity index (χ4v) is 3.77. The van der Waals surface area contributed by atoms with E-state index < -0.39 is 0 Å². The monoisotopic (exact) mass is 369 g/mol. The van der Waals surface area contributed by atoms with Gasteiger partial charge in [0.2, 0.25) is 5.91 Å². The van der Waals surface area contributed by atoms with Gasteiger partial charge in [0.15, 0.2) is 0 Å². The van der Waals surface area contributed by atoms with Gasteiger partial charge in [-0.3, -0.25) is 9.69 Å². The summed E-state index contributed by atoms with van der Waals surface area (Å²) in [6, 6.07) is 10.5. The Labute approximate surface area is 159 Å². The summed E-state index contributed by atoms with van der Waals surface area (Å²) in [7, 11) is 0. The van der Waals surface area contributed by atoms with Crippen molar-refractivity contribution in [3.8, 4) is 0 Å². The van der Waals surface area contributed by atoms with Crippen LogP contribution in [0.1, 0.15) is 17.2 Å². The number of rotatable bonds is 5. The summed E-state index contributed by atoms with van der Waals surface area (Å²) in [5.74, 6) is 2.30. The average molecular weight is 369 g/mol. The van der Waals surface area contributed by atoms with E-state index >= 15 is 0 Å². The number of morpholine rings is 1. The number of fused-ring (bicyclic) bond motifs is 1. The Kier molecular flexibility index (Phi) is 5.79. The van der Waals surface area contributed by atoms with Gasteiger partial charge in [-0.1, -0.05) is 30.3 Å². The molecule has 3 heterocycles. The maximum absolute atomic E-state index is 12.5. The summed E-state index contributed by atoms with van der Waals surface area (Å²) in [5.41, 5.74) is 1.32. The van der Waals surface area contributed by atoms with Crippen LogP contribution in [0.25, 0.3) is 0 Å². The summed E-state index contributed by atoms with van der Waals surface area (Å²) in [5, 5.41) is 8.83. The van der Waals surface area contributed by atoms with Gasteiger partial charge in [-0.2, -0.15) is 0 Å². The Hall–Kier alpha value is -2.25. The SMILES string of the molecule is O=C(CN1CCc2nnc(CCc3ccccc3)n2CC1)N1CCOCC1. The number of benzene rings is 1. The van der Waals surface area contributed by atoms with Gasteiger partial charge in [0.1, 0.15) is 11.6 Å². The molecule has 7 heteroatoms. The van der Waals surface area contributed by atoms with E-state index in [2.05, 4.69) is 43.9 Å². The van der Waals surface area contributed by atoms with Gasteiger partial charge < -0.3 is 14.2 Å². The molecular formula is C20H27N5O2. The Morgan fingerprint density at radius 2 is 1.78 bits per heavy atom. The second-order valence-electron chi connectivity index (χ2n) is 7.19. The molecule has 0 aliphatic carbocycles. The van der Waals surface area contributed by atoms with Gasteiger partial charge in [-0.15, -0.1) is 10.2 Å². The number of hydrogen-bond acceptors (Lipinski definition) is 5. The molecule has 1 aromatic carbocycles. The number of hydrogen-bond donors (Lipinski definition) is 0. The molecule has 1 fully saturated rings. The van der Waals surface area contributed by atoms with Crippen LogP contribution < -0.4 is 0 Å². The van der Waals surface area contributed by atoms with Crippen LogP contribution in [-0.4, -0.2) is 76.4 Å². The van der Waals surface area contributed by atoms with Crippen LogP contribution in [-0.2, 0) is 35.3 Å². The van der Waals surface area contributed by atoms with Crippen LogP contribution in [0.3, 0.4) is 0 Å². The lowest BCUT2D eigenvalue weighted by Gasteiger charge is -2.29. The molecule has 2 aliphatic rings. The fourth-order valence-electron chi connectivity index (χ4n) is 3.77. The van der Waals surface area contributed by atoms with E-state index in [4.69, 9.17) is 4.74 Å². The first-order valence-corrected chi connectivity index (χ1v) is 9.82. The van der Waals surface area contributed by atoms with E-state index in [0.717, 1.165) is 50.5 Å². The standard InChI is InChI=1S/C20H27N5O2/c26-20(24-12-14-27-15-13-24)16-23-9-8-19-22-21-18(25(19)11-10-23)7-6-17-4-2-1-3-5-17/h1-5H,6-16H2. The number of ether oxygens (including phenoxy) is 1. The Morgan fingerprint density at radius 3 is 2.59 bits per heavy atom. The molecule has 1 amide bonds. The van der Waals surface area contributed by atoms with E-state index in [1.54, 1.807) is 0 Å². The molecule has 4 rings (SSSR count). The first kappa shape index (κ1) is 18.1. The topological polar surface area (TPSA) is 63.5 Å². The molecule has 0 saturated carbocycles. The van der Waals surface area contributed by atoms with Crippen molar-refractivity contribution in [3.05, 3.63) is 47.5 Å². The van der Waals surface area contributed by atoms with Gasteiger partial charge in [0.25, 0.3) is 0 Å². The van der Waals surface area contributed by atoms with Crippen LogP contribution in [0, 0.1) is 0 Å². The van der Waals surface area contributed by atoms with E-state index in [9.17, 15) is 4.79 Å². The number of carbonyl (C=O) groups is 1. The summed E-state index contributed by atoms with van der Waals surface area (Å²) in [6.45, 7) is 5.77. The van der Waals surface area contributed by atoms with Gasteiger partial charge >= 0.3 is 0 Å². The predicted octanol–water partition coefficient (Wildman–Crippen LogP) is 0.780. The largest absolute Gasteiger partial charge is 0.378 e. The van der Waals surface area contributed by atoms with Crippen molar-refractivity contribution < 1.29 is 9.53 Å².